The van der Waals surface area contributed by atoms with Gasteiger partial charge in [-0.3, -0.25) is 0 Å². The minimum absolute atomic E-state index is 0.262. The predicted octanol–water partition coefficient (Wildman–Crippen LogP) is 4.74. The maximum atomic E-state index is 11.8. The van der Waals surface area contributed by atoms with Gasteiger partial charge in [0.2, 0.25) is 0 Å². The van der Waals surface area contributed by atoms with Crippen LogP contribution in [0.4, 0.5) is 0 Å². The molecule has 1 N–H and O–H groups in total. The monoisotopic (exact) mass is 334 g/mol. The lowest BCUT2D eigenvalue weighted by molar-refractivity contribution is 0.0698. The van der Waals surface area contributed by atoms with Crippen molar-refractivity contribution in [3.8, 4) is 33.8 Å². The first kappa shape index (κ1) is 16.6. The largest absolute Gasteiger partial charge is 0.497 e. The fourth-order valence-corrected chi connectivity index (χ4v) is 2.71. The zero-order valence-corrected chi connectivity index (χ0v) is 14.0. The molecule has 0 aromatic heterocycles. The van der Waals surface area contributed by atoms with E-state index >= 15 is 0 Å². The number of ether oxygens (including phenoxy) is 2. The van der Waals surface area contributed by atoms with Crippen LogP contribution in [0.25, 0.3) is 22.3 Å². The van der Waals surface area contributed by atoms with Crippen molar-refractivity contribution in [2.24, 2.45) is 0 Å². The van der Waals surface area contributed by atoms with Crippen LogP contribution in [0.5, 0.6) is 11.5 Å². The Morgan fingerprint density at radius 3 is 1.68 bits per heavy atom. The number of benzene rings is 3. The summed E-state index contributed by atoms with van der Waals surface area (Å²) in [6.07, 6.45) is 0. The van der Waals surface area contributed by atoms with Gasteiger partial charge in [0.15, 0.2) is 0 Å². The summed E-state index contributed by atoms with van der Waals surface area (Å²) >= 11 is 0. The standard InChI is InChI=1S/C21H18O4/c1-24-17-8-3-14(4-9-17)16-7-12-19(20(13-16)21(22)23)15-5-10-18(25-2)11-6-15/h3-13H,1-2H3,(H,22,23). The number of carboxylic acid groups (broad SMARTS) is 1. The average molecular weight is 334 g/mol. The van der Waals surface area contributed by atoms with Gasteiger partial charge in [-0.25, -0.2) is 4.79 Å². The van der Waals surface area contributed by atoms with E-state index in [1.54, 1.807) is 20.3 Å². The zero-order chi connectivity index (χ0) is 17.8. The Morgan fingerprint density at radius 1 is 0.720 bits per heavy atom. The summed E-state index contributed by atoms with van der Waals surface area (Å²) in [4.78, 5) is 11.8. The number of carboxylic acids is 1. The molecule has 4 nitrogen and oxygen atoms in total. The van der Waals surface area contributed by atoms with Crippen molar-refractivity contribution in [3.05, 3.63) is 72.3 Å². The van der Waals surface area contributed by atoms with E-state index in [9.17, 15) is 9.90 Å². The fraction of sp³-hybridized carbons (Fsp3) is 0.0952. The molecule has 0 amide bonds. The van der Waals surface area contributed by atoms with Crippen LogP contribution >= 0.6 is 0 Å². The number of carbonyl (C=O) groups is 1. The first-order valence-corrected chi connectivity index (χ1v) is 7.78. The van der Waals surface area contributed by atoms with Gasteiger partial charge < -0.3 is 14.6 Å². The highest BCUT2D eigenvalue weighted by Crippen LogP contribution is 2.31. The highest BCUT2D eigenvalue weighted by atomic mass is 16.5. The van der Waals surface area contributed by atoms with Crippen molar-refractivity contribution in [2.45, 2.75) is 0 Å². The molecule has 0 saturated heterocycles. The SMILES string of the molecule is COc1ccc(-c2ccc(-c3ccc(OC)cc3)c(C(=O)O)c2)cc1. The van der Waals surface area contributed by atoms with Crippen LogP contribution in [0.15, 0.2) is 66.7 Å². The smallest absolute Gasteiger partial charge is 0.336 e. The lowest BCUT2D eigenvalue weighted by Gasteiger charge is -2.11. The second-order valence-electron chi connectivity index (χ2n) is 5.52. The Bertz CT molecular complexity index is 881. The number of rotatable bonds is 5. The van der Waals surface area contributed by atoms with E-state index in [-0.39, 0.29) is 5.56 Å². The van der Waals surface area contributed by atoms with Crippen molar-refractivity contribution in [1.29, 1.82) is 0 Å². The van der Waals surface area contributed by atoms with E-state index in [1.165, 1.54) is 0 Å². The maximum absolute atomic E-state index is 11.8. The summed E-state index contributed by atoms with van der Waals surface area (Å²) in [5, 5.41) is 9.64. The second kappa shape index (κ2) is 7.09. The normalized spacial score (nSPS) is 10.3. The van der Waals surface area contributed by atoms with Gasteiger partial charge in [0.25, 0.3) is 0 Å². The Labute approximate surface area is 146 Å². The first-order chi connectivity index (χ1) is 12.1. The lowest BCUT2D eigenvalue weighted by atomic mass is 9.95. The molecular weight excluding hydrogens is 316 g/mol. The van der Waals surface area contributed by atoms with Crippen molar-refractivity contribution in [1.82, 2.24) is 0 Å². The molecule has 0 fully saturated rings. The Morgan fingerprint density at radius 2 is 1.20 bits per heavy atom. The summed E-state index contributed by atoms with van der Waals surface area (Å²) in [6, 6.07) is 20.3. The molecule has 126 valence electrons. The first-order valence-electron chi connectivity index (χ1n) is 7.78. The van der Waals surface area contributed by atoms with Gasteiger partial charge >= 0.3 is 5.97 Å². The molecule has 0 saturated carbocycles. The van der Waals surface area contributed by atoms with Gasteiger partial charge in [0, 0.05) is 0 Å². The molecule has 0 atom stereocenters. The predicted molar refractivity (Wildman–Crippen MR) is 97.4 cm³/mol. The van der Waals surface area contributed by atoms with Crippen LogP contribution in [-0.2, 0) is 0 Å². The molecule has 25 heavy (non-hydrogen) atoms. The third kappa shape index (κ3) is 3.48. The molecule has 0 aliphatic heterocycles. The molecule has 0 spiro atoms. The molecule has 0 radical (unpaired) electrons. The summed E-state index contributed by atoms with van der Waals surface area (Å²) in [5.74, 6) is 0.536. The summed E-state index contributed by atoms with van der Waals surface area (Å²) in [5.41, 5.74) is 3.55. The van der Waals surface area contributed by atoms with Gasteiger partial charge in [-0.15, -0.1) is 0 Å². The van der Waals surface area contributed by atoms with Crippen LogP contribution in [0.1, 0.15) is 10.4 Å². The van der Waals surface area contributed by atoms with Gasteiger partial charge in [0.1, 0.15) is 11.5 Å². The Hall–Kier alpha value is -3.27. The van der Waals surface area contributed by atoms with Gasteiger partial charge in [-0.1, -0.05) is 36.4 Å². The molecule has 0 heterocycles. The summed E-state index contributed by atoms with van der Waals surface area (Å²) in [6.45, 7) is 0. The number of methoxy groups -OCH3 is 2. The highest BCUT2D eigenvalue weighted by Gasteiger charge is 2.13. The summed E-state index contributed by atoms with van der Waals surface area (Å²) in [7, 11) is 3.21. The molecule has 3 rings (SSSR count). The van der Waals surface area contributed by atoms with Crippen LogP contribution in [0, 0.1) is 0 Å². The second-order valence-corrected chi connectivity index (χ2v) is 5.52. The molecule has 4 heteroatoms. The van der Waals surface area contributed by atoms with Crippen molar-refractivity contribution in [3.63, 3.8) is 0 Å². The van der Waals surface area contributed by atoms with E-state index in [0.29, 0.717) is 5.56 Å². The molecule has 0 aliphatic rings. The van der Waals surface area contributed by atoms with Gasteiger partial charge in [-0.05, 0) is 52.6 Å². The van der Waals surface area contributed by atoms with Gasteiger partial charge in [-0.2, -0.15) is 0 Å². The Balaban J connectivity index is 2.04. The number of aromatic carboxylic acids is 1. The molecule has 0 aliphatic carbocycles. The lowest BCUT2D eigenvalue weighted by Crippen LogP contribution is -2.00. The van der Waals surface area contributed by atoms with E-state index in [2.05, 4.69) is 0 Å². The maximum Gasteiger partial charge on any atom is 0.336 e. The average Bonchev–Trinajstić information content (AvgIpc) is 2.67. The molecule has 0 unspecified atom stereocenters. The Kier molecular flexibility index (Phi) is 4.70. The van der Waals surface area contributed by atoms with Crippen molar-refractivity contribution >= 4 is 5.97 Å². The number of hydrogen-bond acceptors (Lipinski definition) is 3. The highest BCUT2D eigenvalue weighted by molar-refractivity contribution is 5.97. The molecular formula is C21H18O4. The van der Waals surface area contributed by atoms with Crippen LogP contribution in [-0.4, -0.2) is 25.3 Å². The quantitative estimate of drug-likeness (QED) is 0.732. The van der Waals surface area contributed by atoms with Crippen molar-refractivity contribution < 1.29 is 19.4 Å². The fourth-order valence-electron chi connectivity index (χ4n) is 2.71. The van der Waals surface area contributed by atoms with Crippen LogP contribution in [0.3, 0.4) is 0 Å². The van der Waals surface area contributed by atoms with E-state index in [4.69, 9.17) is 9.47 Å². The molecule has 3 aromatic carbocycles. The topological polar surface area (TPSA) is 55.8 Å². The van der Waals surface area contributed by atoms with Gasteiger partial charge in [0.05, 0.1) is 19.8 Å². The van der Waals surface area contributed by atoms with E-state index in [0.717, 1.165) is 28.2 Å². The van der Waals surface area contributed by atoms with Crippen LogP contribution < -0.4 is 9.47 Å². The zero-order valence-electron chi connectivity index (χ0n) is 14.0. The van der Waals surface area contributed by atoms with Crippen molar-refractivity contribution in [2.75, 3.05) is 14.2 Å². The third-order valence-corrected chi connectivity index (χ3v) is 4.07. The number of hydrogen-bond donors (Lipinski definition) is 1. The molecule has 3 aromatic rings. The van der Waals surface area contributed by atoms with Crippen LogP contribution in [0.2, 0.25) is 0 Å². The molecule has 0 bridgehead atoms. The van der Waals surface area contributed by atoms with E-state index < -0.39 is 5.97 Å². The minimum atomic E-state index is -0.957. The minimum Gasteiger partial charge on any atom is -0.497 e. The third-order valence-electron chi connectivity index (χ3n) is 4.07. The van der Waals surface area contributed by atoms with E-state index in [1.807, 2.05) is 60.7 Å². The summed E-state index contributed by atoms with van der Waals surface area (Å²) < 4.78 is 10.3.